The molecule has 0 N–H and O–H groups in total. The van der Waals surface area contributed by atoms with Crippen LogP contribution in [0.1, 0.15) is 10.4 Å². The lowest BCUT2D eigenvalue weighted by atomic mass is 10.1. The predicted octanol–water partition coefficient (Wildman–Crippen LogP) is 4.37. The predicted molar refractivity (Wildman–Crippen MR) is 121 cm³/mol. The number of rotatable bonds is 4. The molecule has 0 radical (unpaired) electrons. The fourth-order valence-electron chi connectivity index (χ4n) is 4.09. The molecule has 8 nitrogen and oxygen atoms in total. The van der Waals surface area contributed by atoms with Gasteiger partial charge < -0.3 is 14.3 Å². The zero-order valence-corrected chi connectivity index (χ0v) is 17.2. The van der Waals surface area contributed by atoms with Gasteiger partial charge in [0.1, 0.15) is 11.2 Å². The van der Waals surface area contributed by atoms with Crippen molar-refractivity contribution < 1.29 is 14.2 Å². The molecule has 8 heteroatoms. The van der Waals surface area contributed by atoms with Crippen molar-refractivity contribution in [3.8, 4) is 11.3 Å². The second-order valence-corrected chi connectivity index (χ2v) is 7.63. The summed E-state index contributed by atoms with van der Waals surface area (Å²) >= 11 is 0. The number of piperazine rings is 1. The van der Waals surface area contributed by atoms with Gasteiger partial charge in [-0.1, -0.05) is 47.6 Å². The Balaban J connectivity index is 1.35. The molecule has 1 aliphatic heterocycles. The zero-order chi connectivity index (χ0) is 22.1. The van der Waals surface area contributed by atoms with Gasteiger partial charge >= 0.3 is 0 Å². The molecule has 1 aromatic heterocycles. The Morgan fingerprint density at radius 1 is 0.938 bits per heavy atom. The molecule has 3 aromatic carbocycles. The van der Waals surface area contributed by atoms with Crippen molar-refractivity contribution in [1.29, 1.82) is 0 Å². The number of hydrogen-bond donors (Lipinski definition) is 0. The van der Waals surface area contributed by atoms with E-state index in [1.807, 2.05) is 41.3 Å². The highest BCUT2D eigenvalue weighted by Gasteiger charge is 2.26. The fraction of sp³-hybridized carbons (Fsp3) is 0.167. The summed E-state index contributed by atoms with van der Waals surface area (Å²) in [7, 11) is 0. The maximum Gasteiger partial charge on any atom is 0.292 e. The second kappa shape index (κ2) is 8.14. The van der Waals surface area contributed by atoms with Crippen molar-refractivity contribution in [1.82, 2.24) is 10.1 Å². The molecule has 1 saturated heterocycles. The molecule has 0 saturated carbocycles. The lowest BCUT2D eigenvalue weighted by Crippen LogP contribution is -2.48. The average molecular weight is 428 g/mol. The van der Waals surface area contributed by atoms with Crippen LogP contribution in [0.2, 0.25) is 0 Å². The van der Waals surface area contributed by atoms with E-state index in [0.29, 0.717) is 48.7 Å². The Labute approximate surface area is 183 Å². The van der Waals surface area contributed by atoms with Gasteiger partial charge in [0.25, 0.3) is 11.6 Å². The van der Waals surface area contributed by atoms with Crippen LogP contribution < -0.4 is 4.90 Å². The first-order chi connectivity index (χ1) is 15.6. The van der Waals surface area contributed by atoms with Crippen LogP contribution in [-0.2, 0) is 0 Å². The van der Waals surface area contributed by atoms with Crippen LogP contribution in [0.4, 0.5) is 11.4 Å². The van der Waals surface area contributed by atoms with Crippen LogP contribution in [0.25, 0.3) is 22.2 Å². The van der Waals surface area contributed by atoms with E-state index >= 15 is 0 Å². The molecule has 0 aliphatic carbocycles. The third-order valence-corrected chi connectivity index (χ3v) is 5.75. The number of carbonyl (C=O) groups is 1. The van der Waals surface area contributed by atoms with E-state index in [0.717, 1.165) is 10.9 Å². The molecular formula is C24H20N4O4. The minimum atomic E-state index is -0.370. The van der Waals surface area contributed by atoms with Gasteiger partial charge in [-0.15, -0.1) is 0 Å². The smallest absolute Gasteiger partial charge is 0.292 e. The highest BCUT2D eigenvalue weighted by atomic mass is 16.6. The van der Waals surface area contributed by atoms with E-state index in [9.17, 15) is 14.9 Å². The van der Waals surface area contributed by atoms with Crippen LogP contribution >= 0.6 is 0 Å². The van der Waals surface area contributed by atoms with Gasteiger partial charge in [-0.3, -0.25) is 14.9 Å². The lowest BCUT2D eigenvalue weighted by molar-refractivity contribution is -0.384. The molecular weight excluding hydrogens is 408 g/mol. The molecule has 1 amide bonds. The fourth-order valence-corrected chi connectivity index (χ4v) is 4.09. The number of fused-ring (bicyclic) bond motifs is 1. The molecule has 0 atom stereocenters. The van der Waals surface area contributed by atoms with Crippen molar-refractivity contribution in [2.75, 3.05) is 31.1 Å². The number of anilines is 1. The minimum absolute atomic E-state index is 0.0747. The number of carbonyl (C=O) groups excluding carboxylic acids is 1. The third kappa shape index (κ3) is 3.56. The number of benzene rings is 3. The van der Waals surface area contributed by atoms with E-state index in [4.69, 9.17) is 4.52 Å². The van der Waals surface area contributed by atoms with Gasteiger partial charge in [0.05, 0.1) is 10.3 Å². The summed E-state index contributed by atoms with van der Waals surface area (Å²) in [5.41, 5.74) is 2.83. The van der Waals surface area contributed by atoms with E-state index in [1.54, 1.807) is 35.2 Å². The summed E-state index contributed by atoms with van der Waals surface area (Å²) in [5, 5.41) is 16.2. The van der Waals surface area contributed by atoms with Crippen LogP contribution in [0.15, 0.2) is 77.3 Å². The molecule has 2 heterocycles. The van der Waals surface area contributed by atoms with Gasteiger partial charge in [-0.2, -0.15) is 0 Å². The standard InChI is InChI=1S/C24H20N4O4/c29-24(27-14-12-26(13-15-27)21-8-4-5-9-22(21)28(30)31)18-10-11-20-19(16-18)23(32-25-20)17-6-2-1-3-7-17/h1-11,16H,12-15H2. The summed E-state index contributed by atoms with van der Waals surface area (Å²) in [5.74, 6) is 0.561. The number of nitro benzene ring substituents is 1. The molecule has 5 rings (SSSR count). The number of nitro groups is 1. The van der Waals surface area contributed by atoms with E-state index in [-0.39, 0.29) is 16.5 Å². The normalized spacial score (nSPS) is 14.0. The molecule has 1 fully saturated rings. The zero-order valence-electron chi connectivity index (χ0n) is 17.2. The quantitative estimate of drug-likeness (QED) is 0.354. The van der Waals surface area contributed by atoms with E-state index < -0.39 is 0 Å². The van der Waals surface area contributed by atoms with Crippen LogP contribution in [0.5, 0.6) is 0 Å². The Morgan fingerprint density at radius 2 is 1.66 bits per heavy atom. The van der Waals surface area contributed by atoms with E-state index in [1.165, 1.54) is 6.07 Å². The molecule has 0 unspecified atom stereocenters. The van der Waals surface area contributed by atoms with Crippen LogP contribution in [0, 0.1) is 10.1 Å². The molecule has 1 aliphatic rings. The second-order valence-electron chi connectivity index (χ2n) is 7.63. The van der Waals surface area contributed by atoms with Crippen LogP contribution in [-0.4, -0.2) is 47.1 Å². The number of para-hydroxylation sites is 2. The van der Waals surface area contributed by atoms with Crippen molar-refractivity contribution in [3.63, 3.8) is 0 Å². The highest BCUT2D eigenvalue weighted by molar-refractivity contribution is 6.01. The molecule has 4 aromatic rings. The summed E-state index contributed by atoms with van der Waals surface area (Å²) in [6.45, 7) is 2.03. The molecule has 160 valence electrons. The first-order valence-corrected chi connectivity index (χ1v) is 10.3. The van der Waals surface area contributed by atoms with Crippen molar-refractivity contribution in [2.45, 2.75) is 0 Å². The summed E-state index contributed by atoms with van der Waals surface area (Å²) < 4.78 is 5.54. The first-order valence-electron chi connectivity index (χ1n) is 10.3. The van der Waals surface area contributed by atoms with Crippen molar-refractivity contribution in [3.05, 3.63) is 88.5 Å². The summed E-state index contributed by atoms with van der Waals surface area (Å²) in [6, 6.07) is 21.7. The average Bonchev–Trinajstić information content (AvgIpc) is 3.27. The van der Waals surface area contributed by atoms with Gasteiger partial charge in [0, 0.05) is 43.4 Å². The van der Waals surface area contributed by atoms with Gasteiger partial charge in [-0.05, 0) is 24.3 Å². The Bertz CT molecular complexity index is 1290. The van der Waals surface area contributed by atoms with Gasteiger partial charge in [-0.25, -0.2) is 0 Å². The van der Waals surface area contributed by atoms with Crippen molar-refractivity contribution in [2.24, 2.45) is 0 Å². The lowest BCUT2D eigenvalue weighted by Gasteiger charge is -2.35. The SMILES string of the molecule is O=C(c1ccc2noc(-c3ccccc3)c2c1)N1CCN(c2ccccc2[N+](=O)[O-])CC1. The van der Waals surface area contributed by atoms with E-state index in [2.05, 4.69) is 5.16 Å². The Hall–Kier alpha value is -4.20. The Morgan fingerprint density at radius 3 is 2.41 bits per heavy atom. The number of aromatic nitrogens is 1. The largest absolute Gasteiger partial charge is 0.362 e. The topological polar surface area (TPSA) is 92.7 Å². The minimum Gasteiger partial charge on any atom is -0.362 e. The van der Waals surface area contributed by atoms with Gasteiger partial charge in [0.2, 0.25) is 0 Å². The van der Waals surface area contributed by atoms with Crippen LogP contribution in [0.3, 0.4) is 0 Å². The van der Waals surface area contributed by atoms with Gasteiger partial charge in [0.15, 0.2) is 5.76 Å². The Kier molecular flexibility index (Phi) is 5.03. The first kappa shape index (κ1) is 19.7. The number of amides is 1. The summed E-state index contributed by atoms with van der Waals surface area (Å²) in [4.78, 5) is 27.9. The van der Waals surface area contributed by atoms with Crippen molar-refractivity contribution >= 4 is 28.2 Å². The molecule has 0 bridgehead atoms. The maximum absolute atomic E-state index is 13.2. The monoisotopic (exact) mass is 428 g/mol. The maximum atomic E-state index is 13.2. The third-order valence-electron chi connectivity index (χ3n) is 5.75. The highest BCUT2D eigenvalue weighted by Crippen LogP contribution is 2.31. The number of nitrogens with zero attached hydrogens (tertiary/aromatic N) is 4. The molecule has 0 spiro atoms. The molecule has 32 heavy (non-hydrogen) atoms. The number of hydrogen-bond acceptors (Lipinski definition) is 6. The summed E-state index contributed by atoms with van der Waals surface area (Å²) in [6.07, 6.45) is 0.